The summed E-state index contributed by atoms with van der Waals surface area (Å²) in [6, 6.07) is 3.08. The number of hydrogen-bond donors (Lipinski definition) is 2. The third-order valence-corrected chi connectivity index (χ3v) is 6.46. The molecule has 0 aliphatic heterocycles. The summed E-state index contributed by atoms with van der Waals surface area (Å²) in [6.07, 6.45) is 2.33. The lowest BCUT2D eigenvalue weighted by atomic mass is 10.1. The molecule has 0 aliphatic carbocycles. The molecule has 4 aromatic rings. The number of alkyl halides is 2. The number of hydrogen-bond acceptors (Lipinski definition) is 8. The van der Waals surface area contributed by atoms with Crippen LogP contribution in [-0.4, -0.2) is 54.0 Å². The van der Waals surface area contributed by atoms with E-state index >= 15 is 0 Å². The van der Waals surface area contributed by atoms with E-state index < -0.39 is 28.8 Å². The van der Waals surface area contributed by atoms with Gasteiger partial charge in [0, 0.05) is 36.0 Å². The summed E-state index contributed by atoms with van der Waals surface area (Å²) in [4.78, 5) is 18.9. The maximum atomic E-state index is 13.2. The Hall–Kier alpha value is -3.58. The second-order valence-electron chi connectivity index (χ2n) is 6.83. The number of aromatic amines is 1. The van der Waals surface area contributed by atoms with Crippen molar-refractivity contribution in [2.45, 2.75) is 17.7 Å². The van der Waals surface area contributed by atoms with E-state index in [2.05, 4.69) is 29.6 Å². The number of aromatic nitrogens is 5. The van der Waals surface area contributed by atoms with Crippen molar-refractivity contribution in [3.8, 4) is 23.0 Å². The van der Waals surface area contributed by atoms with E-state index in [9.17, 15) is 17.2 Å². The summed E-state index contributed by atoms with van der Waals surface area (Å²) in [7, 11) is -1.81. The summed E-state index contributed by atoms with van der Waals surface area (Å²) in [5.74, 6) is -0.884. The fourth-order valence-corrected chi connectivity index (χ4v) is 4.75. The molecule has 2 N–H and O–H groups in total. The first-order valence-electron chi connectivity index (χ1n) is 9.61. The Balaban J connectivity index is 1.77. The van der Waals surface area contributed by atoms with Crippen molar-refractivity contribution in [2.24, 2.45) is 0 Å². The highest BCUT2D eigenvalue weighted by atomic mass is 35.5. The molecule has 0 spiro atoms. The van der Waals surface area contributed by atoms with E-state index in [1.54, 1.807) is 6.07 Å². The zero-order valence-electron chi connectivity index (χ0n) is 17.7. The van der Waals surface area contributed by atoms with Crippen molar-refractivity contribution in [3.05, 3.63) is 47.5 Å². The van der Waals surface area contributed by atoms with Crippen molar-refractivity contribution >= 4 is 38.5 Å². The Bertz CT molecular complexity index is 1430. The predicted octanol–water partition coefficient (Wildman–Crippen LogP) is 3.69. The van der Waals surface area contributed by atoms with E-state index in [0.717, 1.165) is 0 Å². The highest BCUT2D eigenvalue weighted by Crippen LogP contribution is 2.36. The largest absolute Gasteiger partial charge is 0.481 e. The topological polar surface area (TPSA) is 132 Å². The Morgan fingerprint density at radius 1 is 1.15 bits per heavy atom. The average Bonchev–Trinajstić information content (AvgIpc) is 3.24. The highest BCUT2D eigenvalue weighted by Gasteiger charge is 2.26. The number of benzene rings is 1. The number of H-pyrrole nitrogens is 1. The van der Waals surface area contributed by atoms with Crippen LogP contribution in [0.5, 0.6) is 11.8 Å². The first-order chi connectivity index (χ1) is 16.2. The third kappa shape index (κ3) is 4.43. The van der Waals surface area contributed by atoms with Crippen LogP contribution in [0.15, 0.2) is 41.8 Å². The van der Waals surface area contributed by atoms with Crippen LogP contribution in [0.4, 0.5) is 14.7 Å². The number of ether oxygens (including phenoxy) is 2. The molecule has 3 aromatic heterocycles. The number of methoxy groups -OCH3 is 2. The molecule has 0 amide bonds. The molecule has 0 radical (unpaired) electrons. The molecule has 0 bridgehead atoms. The first kappa shape index (κ1) is 23.6. The maximum absolute atomic E-state index is 13.2. The van der Waals surface area contributed by atoms with Crippen molar-refractivity contribution < 1.29 is 26.7 Å². The summed E-state index contributed by atoms with van der Waals surface area (Å²) < 4.78 is 64.6. The molecule has 3 heterocycles. The van der Waals surface area contributed by atoms with Crippen molar-refractivity contribution in [1.29, 1.82) is 0 Å². The van der Waals surface area contributed by atoms with Gasteiger partial charge in [-0.25, -0.2) is 21.9 Å². The molecule has 1 aromatic carbocycles. The summed E-state index contributed by atoms with van der Waals surface area (Å²) in [5, 5.41) is 0.671. The summed E-state index contributed by atoms with van der Waals surface area (Å²) >= 11 is 6.35. The predicted molar refractivity (Wildman–Crippen MR) is 120 cm³/mol. The lowest BCUT2D eigenvalue weighted by Crippen LogP contribution is -2.16. The van der Waals surface area contributed by atoms with Crippen LogP contribution in [0.3, 0.4) is 0 Å². The minimum Gasteiger partial charge on any atom is -0.481 e. The molecule has 14 heteroatoms. The number of anilines is 1. The average molecular weight is 511 g/mol. The van der Waals surface area contributed by atoms with Crippen molar-refractivity contribution in [3.63, 3.8) is 0 Å². The van der Waals surface area contributed by atoms with Gasteiger partial charge in [0.15, 0.2) is 0 Å². The van der Waals surface area contributed by atoms with Crippen LogP contribution in [0.25, 0.3) is 22.2 Å². The van der Waals surface area contributed by atoms with Crippen LogP contribution in [0.1, 0.15) is 5.56 Å². The lowest BCUT2D eigenvalue weighted by molar-refractivity contribution is 0.146. The van der Waals surface area contributed by atoms with Gasteiger partial charge < -0.3 is 14.5 Å². The number of nitrogens with zero attached hydrogens (tertiary/aromatic N) is 4. The SMILES string of the molecule is COc1nc(NS(=O)(=O)c2c[nH]c3c(-c4cnccn4)c(Cl)ccc23)nc(OC)c1CC(F)F. The fraction of sp³-hybridized carbons (Fsp3) is 0.200. The van der Waals surface area contributed by atoms with Gasteiger partial charge in [0.25, 0.3) is 10.0 Å². The second kappa shape index (κ2) is 9.35. The second-order valence-corrected chi connectivity index (χ2v) is 8.89. The van der Waals surface area contributed by atoms with E-state index in [4.69, 9.17) is 21.1 Å². The minimum atomic E-state index is -4.24. The summed E-state index contributed by atoms with van der Waals surface area (Å²) in [5.41, 5.74) is 1.27. The number of sulfonamides is 1. The zero-order valence-corrected chi connectivity index (χ0v) is 19.3. The van der Waals surface area contributed by atoms with Crippen LogP contribution < -0.4 is 14.2 Å². The van der Waals surface area contributed by atoms with Crippen LogP contribution in [0.2, 0.25) is 5.02 Å². The van der Waals surface area contributed by atoms with Gasteiger partial charge in [0.05, 0.1) is 42.2 Å². The fourth-order valence-electron chi connectivity index (χ4n) is 3.38. The molecule has 0 saturated carbocycles. The van der Waals surface area contributed by atoms with Gasteiger partial charge in [-0.3, -0.25) is 9.97 Å². The number of halogens is 3. The molecule has 178 valence electrons. The molecule has 10 nitrogen and oxygen atoms in total. The standard InChI is InChI=1S/C20H17ClF2N6O4S/c1-32-18-11(7-15(22)23)19(33-2)28-20(27-18)29-34(30,31)14-9-26-17-10(14)3-4-12(21)16(17)13-8-24-5-6-25-13/h3-6,8-9,15,26H,7H2,1-2H3,(H,27,28,29). The van der Waals surface area contributed by atoms with Crippen molar-refractivity contribution in [1.82, 2.24) is 24.9 Å². The smallest absolute Gasteiger partial charge is 0.266 e. The van der Waals surface area contributed by atoms with Crippen molar-refractivity contribution in [2.75, 3.05) is 18.9 Å². The van der Waals surface area contributed by atoms with Gasteiger partial charge >= 0.3 is 0 Å². The monoisotopic (exact) mass is 510 g/mol. The normalized spacial score (nSPS) is 11.7. The number of fused-ring (bicyclic) bond motifs is 1. The van der Waals surface area contributed by atoms with Gasteiger partial charge in [-0.05, 0) is 12.1 Å². The quantitative estimate of drug-likeness (QED) is 0.367. The first-order valence-corrected chi connectivity index (χ1v) is 11.5. The van der Waals surface area contributed by atoms with Gasteiger partial charge in [-0.1, -0.05) is 11.6 Å². The van der Waals surface area contributed by atoms with Gasteiger partial charge in [0.2, 0.25) is 24.1 Å². The number of rotatable bonds is 8. The van der Waals surface area contributed by atoms with E-state index in [0.29, 0.717) is 27.2 Å². The molecular formula is C20H17ClF2N6O4S. The molecular weight excluding hydrogens is 494 g/mol. The molecule has 0 unspecified atom stereocenters. The van der Waals surface area contributed by atoms with Gasteiger partial charge in [0.1, 0.15) is 4.90 Å². The maximum Gasteiger partial charge on any atom is 0.266 e. The zero-order chi connectivity index (χ0) is 24.5. The van der Waals surface area contributed by atoms with Crippen LogP contribution >= 0.6 is 11.6 Å². The minimum absolute atomic E-state index is 0.0849. The Morgan fingerprint density at radius 3 is 2.44 bits per heavy atom. The molecule has 0 saturated heterocycles. The number of nitrogens with one attached hydrogen (secondary N) is 2. The molecule has 34 heavy (non-hydrogen) atoms. The van der Waals surface area contributed by atoms with Crippen LogP contribution in [0, 0.1) is 0 Å². The Labute approximate surface area is 197 Å². The molecule has 4 rings (SSSR count). The highest BCUT2D eigenvalue weighted by molar-refractivity contribution is 7.93. The van der Waals surface area contributed by atoms with Gasteiger partial charge in [-0.15, -0.1) is 0 Å². The van der Waals surface area contributed by atoms with E-state index in [1.165, 1.54) is 45.1 Å². The molecule has 0 fully saturated rings. The molecule has 0 atom stereocenters. The third-order valence-electron chi connectivity index (χ3n) is 4.78. The van der Waals surface area contributed by atoms with E-state index in [-0.39, 0.29) is 22.2 Å². The Morgan fingerprint density at radius 2 is 1.85 bits per heavy atom. The van der Waals surface area contributed by atoms with Gasteiger partial charge in [-0.2, -0.15) is 9.97 Å². The van der Waals surface area contributed by atoms with E-state index in [1.807, 2.05) is 0 Å². The van der Waals surface area contributed by atoms with Crippen LogP contribution in [-0.2, 0) is 16.4 Å². The summed E-state index contributed by atoms with van der Waals surface area (Å²) in [6.45, 7) is 0. The Kier molecular flexibility index (Phi) is 6.48. The molecule has 0 aliphatic rings. The lowest BCUT2D eigenvalue weighted by Gasteiger charge is -2.14.